The van der Waals surface area contributed by atoms with Gasteiger partial charge in [-0.3, -0.25) is 9.10 Å². The van der Waals surface area contributed by atoms with E-state index in [2.05, 4.69) is 5.32 Å². The highest BCUT2D eigenvalue weighted by molar-refractivity contribution is 7.92. The summed E-state index contributed by atoms with van der Waals surface area (Å²) in [5, 5.41) is 2.55. The maximum atomic E-state index is 14.1. The van der Waals surface area contributed by atoms with E-state index in [1.54, 1.807) is 31.2 Å². The van der Waals surface area contributed by atoms with Crippen LogP contribution >= 0.6 is 0 Å². The number of sulfonamides is 1. The molecule has 9 heteroatoms. The van der Waals surface area contributed by atoms with Crippen LogP contribution in [0.4, 0.5) is 20.2 Å². The van der Waals surface area contributed by atoms with E-state index < -0.39 is 33.1 Å². The van der Waals surface area contributed by atoms with Gasteiger partial charge in [0.15, 0.2) is 0 Å². The molecule has 1 aliphatic rings. The Morgan fingerprint density at radius 2 is 1.74 bits per heavy atom. The first-order valence-electron chi connectivity index (χ1n) is 11.2. The largest absolute Gasteiger partial charge is 0.321 e. The number of nitrogens with zero attached hydrogens (tertiary/aromatic N) is 2. The maximum absolute atomic E-state index is 14.1. The summed E-state index contributed by atoms with van der Waals surface area (Å²) in [7, 11) is -0.0551. The van der Waals surface area contributed by atoms with Crippen LogP contribution in [0.3, 0.4) is 0 Å². The Kier molecular flexibility index (Phi) is 6.91. The molecule has 1 aliphatic heterocycles. The fourth-order valence-electron chi connectivity index (χ4n) is 4.30. The number of anilines is 2. The average Bonchev–Trinajstić information content (AvgIpc) is 2.79. The maximum Gasteiger partial charge on any atom is 0.264 e. The molecule has 0 spiro atoms. The standard InChI is InChI=1S/C26H27F2N3O3S/c1-17-13-19-8-6-12-31(35(33,34)20-9-4-7-18(14-20)16-30(2)3)24(19)15-23(17)29-26(32)25-21(27)10-5-11-22(25)28/h4-5,7,9-11,13-15H,6,8,12,16H2,1-3H3,(H,29,32). The summed E-state index contributed by atoms with van der Waals surface area (Å²) in [4.78, 5) is 14.8. The molecule has 0 unspecified atom stereocenters. The van der Waals surface area contributed by atoms with Crippen molar-refractivity contribution in [3.05, 3.63) is 88.5 Å². The number of fused-ring (bicyclic) bond motifs is 1. The summed E-state index contributed by atoms with van der Waals surface area (Å²) in [5.74, 6) is -2.88. The molecule has 1 N–H and O–H groups in total. The zero-order chi connectivity index (χ0) is 25.3. The van der Waals surface area contributed by atoms with Gasteiger partial charge in [-0.15, -0.1) is 0 Å². The number of hydrogen-bond donors (Lipinski definition) is 1. The number of amides is 1. The topological polar surface area (TPSA) is 69.7 Å². The molecule has 3 aromatic rings. The molecule has 6 nitrogen and oxygen atoms in total. The number of benzene rings is 3. The summed E-state index contributed by atoms with van der Waals surface area (Å²) in [5.41, 5.74) is 2.42. The number of carbonyl (C=O) groups is 1. The highest BCUT2D eigenvalue weighted by Crippen LogP contribution is 2.36. The van der Waals surface area contributed by atoms with E-state index in [1.807, 2.05) is 31.1 Å². The van der Waals surface area contributed by atoms with E-state index >= 15 is 0 Å². The lowest BCUT2D eigenvalue weighted by Crippen LogP contribution is -2.35. The average molecular weight is 500 g/mol. The third-order valence-corrected chi connectivity index (χ3v) is 7.73. The van der Waals surface area contributed by atoms with Crippen molar-refractivity contribution in [2.45, 2.75) is 31.2 Å². The molecule has 0 fully saturated rings. The van der Waals surface area contributed by atoms with Gasteiger partial charge in [-0.2, -0.15) is 0 Å². The number of aryl methyl sites for hydroxylation is 2. The minimum Gasteiger partial charge on any atom is -0.321 e. The van der Waals surface area contributed by atoms with Gasteiger partial charge in [0.2, 0.25) is 0 Å². The van der Waals surface area contributed by atoms with Crippen molar-refractivity contribution in [2.24, 2.45) is 0 Å². The van der Waals surface area contributed by atoms with Crippen molar-refractivity contribution in [1.29, 1.82) is 0 Å². The molecule has 0 saturated heterocycles. The number of hydrogen-bond acceptors (Lipinski definition) is 4. The molecule has 0 saturated carbocycles. The molecule has 0 aromatic heterocycles. The minimum absolute atomic E-state index is 0.185. The monoisotopic (exact) mass is 499 g/mol. The predicted molar refractivity (Wildman–Crippen MR) is 132 cm³/mol. The molecule has 4 rings (SSSR count). The van der Waals surface area contributed by atoms with E-state index in [-0.39, 0.29) is 11.4 Å². The molecule has 0 radical (unpaired) electrons. The van der Waals surface area contributed by atoms with Crippen molar-refractivity contribution < 1.29 is 22.0 Å². The van der Waals surface area contributed by atoms with E-state index in [4.69, 9.17) is 0 Å². The number of nitrogens with one attached hydrogen (secondary N) is 1. The third-order valence-electron chi connectivity index (χ3n) is 5.92. The summed E-state index contributed by atoms with van der Waals surface area (Å²) >= 11 is 0. The molecule has 3 aromatic carbocycles. The summed E-state index contributed by atoms with van der Waals surface area (Å²) < 4.78 is 56.8. The van der Waals surface area contributed by atoms with Gasteiger partial charge in [0.25, 0.3) is 15.9 Å². The molecular formula is C26H27F2N3O3S. The van der Waals surface area contributed by atoms with Crippen molar-refractivity contribution in [3.63, 3.8) is 0 Å². The third kappa shape index (κ3) is 5.06. The smallest absolute Gasteiger partial charge is 0.264 e. The Bertz CT molecular complexity index is 1370. The molecule has 184 valence electrons. The number of halogens is 2. The lowest BCUT2D eigenvalue weighted by molar-refractivity contribution is 0.101. The molecular weight excluding hydrogens is 472 g/mol. The Labute approximate surface area is 204 Å². The molecule has 35 heavy (non-hydrogen) atoms. The number of rotatable bonds is 6. The van der Waals surface area contributed by atoms with Gasteiger partial charge in [0.05, 0.1) is 10.6 Å². The highest BCUT2D eigenvalue weighted by Gasteiger charge is 2.30. The van der Waals surface area contributed by atoms with Crippen molar-refractivity contribution in [3.8, 4) is 0 Å². The fraction of sp³-hybridized carbons (Fsp3) is 0.269. The van der Waals surface area contributed by atoms with Crippen LogP contribution in [0.5, 0.6) is 0 Å². The Hall–Kier alpha value is -3.30. The Morgan fingerprint density at radius 3 is 2.43 bits per heavy atom. The second-order valence-corrected chi connectivity index (χ2v) is 10.8. The van der Waals surface area contributed by atoms with Crippen LogP contribution in [0, 0.1) is 18.6 Å². The first-order valence-corrected chi connectivity index (χ1v) is 12.7. The molecule has 1 amide bonds. The second kappa shape index (κ2) is 9.75. The quantitative estimate of drug-likeness (QED) is 0.533. The van der Waals surface area contributed by atoms with Crippen LogP contribution in [0.15, 0.2) is 59.5 Å². The Morgan fingerprint density at radius 1 is 1.06 bits per heavy atom. The zero-order valence-corrected chi connectivity index (χ0v) is 20.6. The van der Waals surface area contributed by atoms with Crippen molar-refractivity contribution in [2.75, 3.05) is 30.3 Å². The van der Waals surface area contributed by atoms with Gasteiger partial charge in [-0.1, -0.05) is 24.3 Å². The molecule has 0 aliphatic carbocycles. The normalized spacial score (nSPS) is 13.6. The van der Waals surface area contributed by atoms with E-state index in [0.29, 0.717) is 36.3 Å². The van der Waals surface area contributed by atoms with Crippen LogP contribution in [-0.2, 0) is 23.0 Å². The minimum atomic E-state index is -3.88. The molecule has 0 bridgehead atoms. The summed E-state index contributed by atoms with van der Waals surface area (Å²) in [6.07, 6.45) is 1.33. The van der Waals surface area contributed by atoms with Crippen LogP contribution in [0.25, 0.3) is 0 Å². The lowest BCUT2D eigenvalue weighted by Gasteiger charge is -2.31. The first kappa shape index (κ1) is 24.8. The number of carbonyl (C=O) groups excluding carboxylic acids is 1. The van der Waals surface area contributed by atoms with Crippen LogP contribution < -0.4 is 9.62 Å². The van der Waals surface area contributed by atoms with Gasteiger partial charge in [0.1, 0.15) is 17.2 Å². The Balaban J connectivity index is 1.71. The lowest BCUT2D eigenvalue weighted by atomic mass is 9.99. The van der Waals surface area contributed by atoms with Crippen molar-refractivity contribution >= 4 is 27.3 Å². The van der Waals surface area contributed by atoms with E-state index in [1.165, 1.54) is 10.4 Å². The van der Waals surface area contributed by atoms with Gasteiger partial charge in [-0.25, -0.2) is 17.2 Å². The van der Waals surface area contributed by atoms with Gasteiger partial charge < -0.3 is 10.2 Å². The summed E-state index contributed by atoms with van der Waals surface area (Å²) in [6.45, 7) is 2.64. The first-order chi connectivity index (χ1) is 16.6. The van der Waals surface area contributed by atoms with Crippen LogP contribution in [0.1, 0.15) is 33.5 Å². The summed E-state index contributed by atoms with van der Waals surface area (Å²) in [6, 6.07) is 13.4. The highest BCUT2D eigenvalue weighted by atomic mass is 32.2. The van der Waals surface area contributed by atoms with Crippen LogP contribution in [0.2, 0.25) is 0 Å². The fourth-order valence-corrected chi connectivity index (χ4v) is 5.91. The second-order valence-electron chi connectivity index (χ2n) is 8.91. The molecule has 1 heterocycles. The predicted octanol–water partition coefficient (Wildman–Crippen LogP) is 4.73. The van der Waals surface area contributed by atoms with Gasteiger partial charge in [-0.05, 0) is 80.9 Å². The molecule has 0 atom stereocenters. The van der Waals surface area contributed by atoms with E-state index in [0.717, 1.165) is 23.3 Å². The van der Waals surface area contributed by atoms with E-state index in [9.17, 15) is 22.0 Å². The zero-order valence-electron chi connectivity index (χ0n) is 19.8. The van der Waals surface area contributed by atoms with Crippen molar-refractivity contribution in [1.82, 2.24) is 4.90 Å². The van der Waals surface area contributed by atoms with Gasteiger partial charge >= 0.3 is 0 Å². The van der Waals surface area contributed by atoms with Crippen LogP contribution in [-0.4, -0.2) is 39.9 Å². The SMILES string of the molecule is Cc1cc2c(cc1NC(=O)c1c(F)cccc1F)N(S(=O)(=O)c1cccc(CN(C)C)c1)CCC2. The van der Waals surface area contributed by atoms with Gasteiger partial charge in [0, 0.05) is 18.8 Å².